The molecule has 0 saturated heterocycles. The van der Waals surface area contributed by atoms with Gasteiger partial charge in [-0.25, -0.2) is 0 Å². The van der Waals surface area contributed by atoms with Crippen LogP contribution in [0.3, 0.4) is 0 Å². The Bertz CT molecular complexity index is 776. The van der Waals surface area contributed by atoms with Gasteiger partial charge in [-0.3, -0.25) is 9.78 Å². The second-order valence-corrected chi connectivity index (χ2v) is 5.41. The Hall–Kier alpha value is -2.66. The molecule has 1 atom stereocenters. The fourth-order valence-electron chi connectivity index (χ4n) is 2.27. The van der Waals surface area contributed by atoms with Gasteiger partial charge in [-0.15, -0.1) is 0 Å². The van der Waals surface area contributed by atoms with E-state index in [2.05, 4.69) is 15.5 Å². The molecule has 3 rings (SSSR count). The van der Waals surface area contributed by atoms with Crippen molar-refractivity contribution in [3.05, 3.63) is 83.0 Å². The van der Waals surface area contributed by atoms with Crippen molar-refractivity contribution in [3.63, 3.8) is 0 Å². The second kappa shape index (κ2) is 7.07. The zero-order chi connectivity index (χ0) is 16.1. The SMILES string of the molecule is O=C(Cc1ccon1)N[C@H](c1cccc(Cl)c1)c1ccccn1. The van der Waals surface area contributed by atoms with Gasteiger partial charge in [0.05, 0.1) is 23.9 Å². The summed E-state index contributed by atoms with van der Waals surface area (Å²) in [5.41, 5.74) is 2.18. The molecule has 0 aliphatic carbocycles. The number of pyridine rings is 1. The van der Waals surface area contributed by atoms with Crippen LogP contribution in [0.5, 0.6) is 0 Å². The van der Waals surface area contributed by atoms with Crippen molar-refractivity contribution in [2.75, 3.05) is 0 Å². The lowest BCUT2D eigenvalue weighted by molar-refractivity contribution is -0.121. The second-order valence-electron chi connectivity index (χ2n) is 4.98. The quantitative estimate of drug-likeness (QED) is 0.781. The lowest BCUT2D eigenvalue weighted by atomic mass is 10.0. The summed E-state index contributed by atoms with van der Waals surface area (Å²) in [5.74, 6) is -0.172. The van der Waals surface area contributed by atoms with Crippen LogP contribution in [0.1, 0.15) is 23.0 Å². The average Bonchev–Trinajstić information content (AvgIpc) is 3.06. The van der Waals surface area contributed by atoms with Crippen molar-refractivity contribution in [3.8, 4) is 0 Å². The number of nitrogens with one attached hydrogen (secondary N) is 1. The van der Waals surface area contributed by atoms with Gasteiger partial charge < -0.3 is 9.84 Å². The minimum absolute atomic E-state index is 0.139. The van der Waals surface area contributed by atoms with Crippen molar-refractivity contribution >= 4 is 17.5 Å². The molecule has 0 saturated carbocycles. The van der Waals surface area contributed by atoms with E-state index < -0.39 is 0 Å². The number of halogens is 1. The Kier molecular flexibility index (Phi) is 4.68. The molecule has 0 spiro atoms. The minimum Gasteiger partial charge on any atom is -0.364 e. The predicted molar refractivity (Wildman–Crippen MR) is 85.9 cm³/mol. The third-order valence-corrected chi connectivity index (χ3v) is 3.54. The Morgan fingerprint density at radius 3 is 2.83 bits per heavy atom. The van der Waals surface area contributed by atoms with Crippen molar-refractivity contribution in [1.82, 2.24) is 15.5 Å². The number of carbonyl (C=O) groups excluding carboxylic acids is 1. The number of hydrogen-bond donors (Lipinski definition) is 1. The Labute approximate surface area is 138 Å². The first-order valence-electron chi connectivity index (χ1n) is 7.07. The highest BCUT2D eigenvalue weighted by molar-refractivity contribution is 6.30. The normalized spacial score (nSPS) is 11.9. The molecule has 0 aliphatic heterocycles. The molecule has 1 aromatic carbocycles. The van der Waals surface area contributed by atoms with Crippen LogP contribution < -0.4 is 5.32 Å². The van der Waals surface area contributed by atoms with Crippen molar-refractivity contribution in [2.45, 2.75) is 12.5 Å². The molecule has 0 fully saturated rings. The molecule has 5 nitrogen and oxygen atoms in total. The van der Waals surface area contributed by atoms with E-state index in [9.17, 15) is 4.79 Å². The van der Waals surface area contributed by atoms with Crippen molar-refractivity contribution in [2.24, 2.45) is 0 Å². The van der Waals surface area contributed by atoms with Crippen LogP contribution in [0.25, 0.3) is 0 Å². The molecular weight excluding hydrogens is 314 g/mol. The summed E-state index contributed by atoms with van der Waals surface area (Å²) in [6.07, 6.45) is 3.27. The molecule has 116 valence electrons. The number of aromatic nitrogens is 2. The van der Waals surface area contributed by atoms with Crippen LogP contribution in [0.4, 0.5) is 0 Å². The van der Waals surface area contributed by atoms with E-state index >= 15 is 0 Å². The standard InChI is InChI=1S/C17H14ClN3O2/c18-13-5-3-4-12(10-13)17(15-6-1-2-8-19-15)20-16(22)11-14-7-9-23-21-14/h1-10,17H,11H2,(H,20,22)/t17-/m1/s1. The summed E-state index contributed by atoms with van der Waals surface area (Å²) in [6.45, 7) is 0. The van der Waals surface area contributed by atoms with Crippen LogP contribution >= 0.6 is 11.6 Å². The van der Waals surface area contributed by atoms with Gasteiger partial charge in [-0.1, -0.05) is 35.0 Å². The van der Waals surface area contributed by atoms with E-state index in [0.717, 1.165) is 11.3 Å². The van der Waals surface area contributed by atoms with Crippen molar-refractivity contribution < 1.29 is 9.32 Å². The largest absolute Gasteiger partial charge is 0.364 e. The van der Waals surface area contributed by atoms with Crippen LogP contribution in [-0.2, 0) is 11.2 Å². The van der Waals surface area contributed by atoms with Crippen molar-refractivity contribution in [1.29, 1.82) is 0 Å². The zero-order valence-corrected chi connectivity index (χ0v) is 12.9. The minimum atomic E-state index is -0.380. The molecule has 3 aromatic rings. The first-order valence-corrected chi connectivity index (χ1v) is 7.45. The summed E-state index contributed by atoms with van der Waals surface area (Å²) in [7, 11) is 0. The maximum atomic E-state index is 12.3. The van der Waals surface area contributed by atoms with Gasteiger partial charge >= 0.3 is 0 Å². The summed E-state index contributed by atoms with van der Waals surface area (Å²) >= 11 is 6.07. The maximum Gasteiger partial charge on any atom is 0.226 e. The van der Waals surface area contributed by atoms with E-state index in [-0.39, 0.29) is 18.4 Å². The number of hydrogen-bond acceptors (Lipinski definition) is 4. The van der Waals surface area contributed by atoms with Crippen LogP contribution in [0.15, 0.2) is 65.5 Å². The van der Waals surface area contributed by atoms with E-state index in [1.807, 2.05) is 36.4 Å². The highest BCUT2D eigenvalue weighted by atomic mass is 35.5. The molecule has 1 N–H and O–H groups in total. The molecule has 0 bridgehead atoms. The lowest BCUT2D eigenvalue weighted by Crippen LogP contribution is -2.31. The monoisotopic (exact) mass is 327 g/mol. The van der Waals surface area contributed by atoms with Gasteiger partial charge in [0.1, 0.15) is 6.26 Å². The van der Waals surface area contributed by atoms with Gasteiger partial charge in [0, 0.05) is 17.3 Å². The van der Waals surface area contributed by atoms with Gasteiger partial charge in [0.2, 0.25) is 5.91 Å². The fraction of sp³-hybridized carbons (Fsp3) is 0.118. The Morgan fingerprint density at radius 1 is 1.22 bits per heavy atom. The molecule has 0 unspecified atom stereocenters. The third-order valence-electron chi connectivity index (χ3n) is 3.30. The molecule has 1 amide bonds. The Morgan fingerprint density at radius 2 is 2.13 bits per heavy atom. The highest BCUT2D eigenvalue weighted by Gasteiger charge is 2.19. The van der Waals surface area contributed by atoms with Crippen LogP contribution in [0.2, 0.25) is 5.02 Å². The Balaban J connectivity index is 1.85. The molecule has 6 heteroatoms. The summed E-state index contributed by atoms with van der Waals surface area (Å²) in [6, 6.07) is 14.2. The number of carbonyl (C=O) groups is 1. The van der Waals surface area contributed by atoms with E-state index in [1.54, 1.807) is 18.3 Å². The number of benzene rings is 1. The molecule has 2 aromatic heterocycles. The number of amides is 1. The first kappa shape index (κ1) is 15.2. The lowest BCUT2D eigenvalue weighted by Gasteiger charge is -2.19. The summed E-state index contributed by atoms with van der Waals surface area (Å²) in [5, 5.41) is 7.33. The summed E-state index contributed by atoms with van der Waals surface area (Å²) in [4.78, 5) is 16.6. The smallest absolute Gasteiger partial charge is 0.226 e. The van der Waals surface area contributed by atoms with Gasteiger partial charge in [-0.05, 0) is 29.8 Å². The van der Waals surface area contributed by atoms with E-state index in [0.29, 0.717) is 10.7 Å². The first-order chi connectivity index (χ1) is 11.2. The van der Waals surface area contributed by atoms with Crippen LogP contribution in [0, 0.1) is 0 Å². The highest BCUT2D eigenvalue weighted by Crippen LogP contribution is 2.23. The summed E-state index contributed by atoms with van der Waals surface area (Å²) < 4.78 is 4.75. The number of nitrogens with zero attached hydrogens (tertiary/aromatic N) is 2. The molecule has 0 aliphatic rings. The number of rotatable bonds is 5. The maximum absolute atomic E-state index is 12.3. The van der Waals surface area contributed by atoms with E-state index in [4.69, 9.17) is 16.1 Å². The topological polar surface area (TPSA) is 68.0 Å². The zero-order valence-electron chi connectivity index (χ0n) is 12.1. The predicted octanol–water partition coefficient (Wildman–Crippen LogP) is 3.17. The fourth-order valence-corrected chi connectivity index (χ4v) is 2.46. The molecule has 23 heavy (non-hydrogen) atoms. The van der Waals surface area contributed by atoms with Gasteiger partial charge in [-0.2, -0.15) is 0 Å². The molecule has 2 heterocycles. The third kappa shape index (κ3) is 3.96. The van der Waals surface area contributed by atoms with Crippen LogP contribution in [-0.4, -0.2) is 16.0 Å². The van der Waals surface area contributed by atoms with Gasteiger partial charge in [0.15, 0.2) is 0 Å². The average molecular weight is 328 g/mol. The molecular formula is C17H14ClN3O2. The van der Waals surface area contributed by atoms with Gasteiger partial charge in [0.25, 0.3) is 0 Å². The molecule has 0 radical (unpaired) electrons. The van der Waals surface area contributed by atoms with E-state index in [1.165, 1.54) is 6.26 Å².